The number of hydrogen-bond donors (Lipinski definition) is 1. The average Bonchev–Trinajstić information content (AvgIpc) is 2.44. The fourth-order valence-electron chi connectivity index (χ4n) is 1.65. The highest BCUT2D eigenvalue weighted by molar-refractivity contribution is 7.89. The zero-order valence-corrected chi connectivity index (χ0v) is 9.24. The molecule has 0 aliphatic heterocycles. The highest BCUT2D eigenvalue weighted by atomic mass is 32.2. The van der Waals surface area contributed by atoms with Crippen molar-refractivity contribution in [3.63, 3.8) is 0 Å². The van der Waals surface area contributed by atoms with Crippen LogP contribution in [0.1, 0.15) is 5.56 Å². The molecule has 0 aliphatic carbocycles. The van der Waals surface area contributed by atoms with E-state index in [2.05, 4.69) is 4.98 Å². The van der Waals surface area contributed by atoms with E-state index < -0.39 is 21.5 Å². The Hall–Kier alpha value is -1.43. The van der Waals surface area contributed by atoms with Crippen LogP contribution in [0.5, 0.6) is 0 Å². The van der Waals surface area contributed by atoms with E-state index in [1.165, 1.54) is 6.20 Å². The lowest BCUT2D eigenvalue weighted by Crippen LogP contribution is -2.00. The molecule has 0 unspecified atom stereocenters. The van der Waals surface area contributed by atoms with Gasteiger partial charge in [-0.05, 0) is 11.6 Å². The molecule has 0 bridgehead atoms. The van der Waals surface area contributed by atoms with Gasteiger partial charge in [0.15, 0.2) is 9.84 Å². The number of benzene rings is 1. The molecule has 1 aromatic carbocycles. The predicted octanol–water partition coefficient (Wildman–Crippen LogP) is 1.99. The van der Waals surface area contributed by atoms with Gasteiger partial charge in [-0.1, -0.05) is 0 Å². The third-order valence-corrected chi connectivity index (χ3v) is 3.03. The molecular weight excluding hydrogens is 236 g/mol. The van der Waals surface area contributed by atoms with E-state index >= 15 is 0 Å². The van der Waals surface area contributed by atoms with Gasteiger partial charge in [0.05, 0.1) is 11.3 Å². The van der Waals surface area contributed by atoms with E-state index in [0.717, 1.165) is 18.4 Å². The van der Waals surface area contributed by atoms with Gasteiger partial charge in [0.25, 0.3) is 0 Å². The van der Waals surface area contributed by atoms with E-state index in [1.54, 1.807) is 0 Å². The highest BCUT2D eigenvalue weighted by Crippen LogP contribution is 2.24. The molecule has 1 N–H and O–H groups in total. The number of aromatic amines is 1. The smallest absolute Gasteiger partial charge is 0.151 e. The Labute approximate surface area is 91.0 Å². The summed E-state index contributed by atoms with van der Waals surface area (Å²) in [5, 5.41) is 0.131. The van der Waals surface area contributed by atoms with Gasteiger partial charge < -0.3 is 4.98 Å². The van der Waals surface area contributed by atoms with Crippen LogP contribution in [-0.2, 0) is 15.6 Å². The van der Waals surface area contributed by atoms with Crippen molar-refractivity contribution < 1.29 is 17.2 Å². The zero-order valence-electron chi connectivity index (χ0n) is 8.42. The van der Waals surface area contributed by atoms with Crippen molar-refractivity contribution in [2.24, 2.45) is 0 Å². The Kier molecular flexibility index (Phi) is 2.46. The first-order valence-corrected chi connectivity index (χ1v) is 6.55. The van der Waals surface area contributed by atoms with E-state index in [0.29, 0.717) is 5.56 Å². The molecule has 2 rings (SSSR count). The SMILES string of the molecule is CS(=O)(=O)Cc1c[nH]c2cc(F)cc(F)c12. The molecule has 0 amide bonds. The van der Waals surface area contributed by atoms with E-state index in [1.807, 2.05) is 0 Å². The maximum absolute atomic E-state index is 13.5. The largest absolute Gasteiger partial charge is 0.361 e. The Morgan fingerprint density at radius 1 is 1.31 bits per heavy atom. The predicted molar refractivity (Wildman–Crippen MR) is 56.8 cm³/mol. The Morgan fingerprint density at radius 2 is 2.00 bits per heavy atom. The number of H-pyrrole nitrogens is 1. The molecule has 2 aromatic rings. The summed E-state index contributed by atoms with van der Waals surface area (Å²) in [7, 11) is -3.25. The molecule has 0 radical (unpaired) electrons. The van der Waals surface area contributed by atoms with Gasteiger partial charge in [-0.2, -0.15) is 0 Å². The molecule has 0 atom stereocenters. The van der Waals surface area contributed by atoms with Gasteiger partial charge >= 0.3 is 0 Å². The number of hydrogen-bond acceptors (Lipinski definition) is 2. The minimum absolute atomic E-state index is 0.131. The molecule has 0 saturated heterocycles. The van der Waals surface area contributed by atoms with Crippen molar-refractivity contribution >= 4 is 20.7 Å². The summed E-state index contributed by atoms with van der Waals surface area (Å²) in [4.78, 5) is 2.65. The maximum Gasteiger partial charge on any atom is 0.151 e. The summed E-state index contributed by atoms with van der Waals surface area (Å²) < 4.78 is 48.5. The molecule has 0 fully saturated rings. The van der Waals surface area contributed by atoms with Gasteiger partial charge in [0.1, 0.15) is 11.6 Å². The molecule has 0 saturated carbocycles. The topological polar surface area (TPSA) is 49.9 Å². The monoisotopic (exact) mass is 245 g/mol. The zero-order chi connectivity index (χ0) is 11.9. The van der Waals surface area contributed by atoms with Gasteiger partial charge in [0, 0.05) is 23.9 Å². The van der Waals surface area contributed by atoms with Crippen LogP contribution in [0.2, 0.25) is 0 Å². The van der Waals surface area contributed by atoms with Crippen molar-refractivity contribution in [3.8, 4) is 0 Å². The third kappa shape index (κ3) is 2.06. The molecular formula is C10H9F2NO2S. The number of sulfone groups is 1. The van der Waals surface area contributed by atoms with Gasteiger partial charge in [-0.3, -0.25) is 0 Å². The molecule has 0 aliphatic rings. The first-order valence-electron chi connectivity index (χ1n) is 4.49. The number of rotatable bonds is 2. The Balaban J connectivity index is 2.65. The second kappa shape index (κ2) is 3.55. The van der Waals surface area contributed by atoms with E-state index in [4.69, 9.17) is 0 Å². The van der Waals surface area contributed by atoms with Gasteiger partial charge in [-0.25, -0.2) is 17.2 Å². The second-order valence-corrected chi connectivity index (χ2v) is 5.83. The molecule has 6 heteroatoms. The van der Waals surface area contributed by atoms with Gasteiger partial charge in [0.2, 0.25) is 0 Å². The highest BCUT2D eigenvalue weighted by Gasteiger charge is 2.14. The average molecular weight is 245 g/mol. The summed E-state index contributed by atoms with van der Waals surface area (Å²) in [5.74, 6) is -1.72. The van der Waals surface area contributed by atoms with Gasteiger partial charge in [-0.15, -0.1) is 0 Å². The van der Waals surface area contributed by atoms with Crippen LogP contribution in [0.3, 0.4) is 0 Å². The first kappa shape index (κ1) is 11.1. The first-order chi connectivity index (χ1) is 7.37. The number of aromatic nitrogens is 1. The molecule has 16 heavy (non-hydrogen) atoms. The molecule has 86 valence electrons. The van der Waals surface area contributed by atoms with Crippen LogP contribution in [0.15, 0.2) is 18.3 Å². The summed E-state index contributed by atoms with van der Waals surface area (Å²) in [6, 6.07) is 1.87. The Bertz CT molecular complexity index is 646. The van der Waals surface area contributed by atoms with Crippen molar-refractivity contribution in [2.45, 2.75) is 5.75 Å². The lowest BCUT2D eigenvalue weighted by molar-refractivity contribution is 0.591. The van der Waals surface area contributed by atoms with Crippen LogP contribution in [0.25, 0.3) is 10.9 Å². The van der Waals surface area contributed by atoms with Crippen molar-refractivity contribution in [3.05, 3.63) is 35.5 Å². The summed E-state index contributed by atoms with van der Waals surface area (Å²) in [5.41, 5.74) is 0.575. The van der Waals surface area contributed by atoms with Crippen LogP contribution in [0.4, 0.5) is 8.78 Å². The molecule has 1 aromatic heterocycles. The molecule has 0 spiro atoms. The lowest BCUT2D eigenvalue weighted by Gasteiger charge is -1.99. The molecule has 3 nitrogen and oxygen atoms in total. The number of fused-ring (bicyclic) bond motifs is 1. The van der Waals surface area contributed by atoms with E-state index in [9.17, 15) is 17.2 Å². The van der Waals surface area contributed by atoms with Crippen LogP contribution in [0, 0.1) is 11.6 Å². The maximum atomic E-state index is 13.5. The number of nitrogens with one attached hydrogen (secondary N) is 1. The van der Waals surface area contributed by atoms with Crippen molar-refractivity contribution in [1.82, 2.24) is 4.98 Å². The number of halogens is 2. The Morgan fingerprint density at radius 3 is 2.62 bits per heavy atom. The van der Waals surface area contributed by atoms with Crippen LogP contribution in [-0.4, -0.2) is 19.7 Å². The minimum atomic E-state index is -3.25. The minimum Gasteiger partial charge on any atom is -0.361 e. The normalized spacial score (nSPS) is 12.2. The summed E-state index contributed by atoms with van der Waals surface area (Å²) in [6.07, 6.45) is 2.45. The van der Waals surface area contributed by atoms with E-state index in [-0.39, 0.29) is 16.7 Å². The second-order valence-electron chi connectivity index (χ2n) is 3.69. The van der Waals surface area contributed by atoms with Crippen molar-refractivity contribution in [2.75, 3.05) is 6.26 Å². The fourth-order valence-corrected chi connectivity index (χ4v) is 2.44. The van der Waals surface area contributed by atoms with Crippen molar-refractivity contribution in [1.29, 1.82) is 0 Å². The quantitative estimate of drug-likeness (QED) is 0.879. The van der Waals surface area contributed by atoms with Crippen LogP contribution < -0.4 is 0 Å². The third-order valence-electron chi connectivity index (χ3n) is 2.20. The summed E-state index contributed by atoms with van der Waals surface area (Å²) >= 11 is 0. The fraction of sp³-hybridized carbons (Fsp3) is 0.200. The van der Waals surface area contributed by atoms with Crippen LogP contribution >= 0.6 is 0 Å². The standard InChI is InChI=1S/C10H9F2NO2S/c1-16(14,15)5-6-4-13-9-3-7(11)2-8(12)10(6)9/h2-4,13H,5H2,1H3. The molecule has 1 heterocycles. The lowest BCUT2D eigenvalue weighted by atomic mass is 10.2. The summed E-state index contributed by atoms with van der Waals surface area (Å²) in [6.45, 7) is 0.